The second-order valence-electron chi connectivity index (χ2n) is 3.77. The molecule has 90 valence electrons. The van der Waals surface area contributed by atoms with E-state index in [2.05, 4.69) is 25.5 Å². The first kappa shape index (κ1) is 10.5. The zero-order chi connectivity index (χ0) is 12.5. The van der Waals surface area contributed by atoms with Crippen LogP contribution in [-0.4, -0.2) is 30.6 Å². The van der Waals surface area contributed by atoms with Crippen LogP contribution in [0.1, 0.15) is 10.6 Å². The van der Waals surface area contributed by atoms with Gasteiger partial charge in [0.15, 0.2) is 0 Å². The first-order valence-electron chi connectivity index (χ1n) is 5.34. The van der Waals surface area contributed by atoms with Crippen molar-refractivity contribution >= 4 is 22.9 Å². The van der Waals surface area contributed by atoms with Gasteiger partial charge in [-0.2, -0.15) is 5.10 Å². The number of hydrogen-bond acceptors (Lipinski definition) is 4. The smallest absolute Gasteiger partial charge is 0.295 e. The van der Waals surface area contributed by atoms with Gasteiger partial charge >= 0.3 is 0 Å². The van der Waals surface area contributed by atoms with Crippen LogP contribution in [0.5, 0.6) is 0 Å². The number of para-hydroxylation sites is 2. The van der Waals surface area contributed by atoms with Gasteiger partial charge in [0.25, 0.3) is 5.91 Å². The van der Waals surface area contributed by atoms with E-state index in [-0.39, 0.29) is 11.7 Å². The number of nitrogens with one attached hydrogen (secondary N) is 2. The molecule has 0 saturated heterocycles. The van der Waals surface area contributed by atoms with Crippen molar-refractivity contribution in [3.63, 3.8) is 0 Å². The molecule has 2 heterocycles. The molecule has 3 rings (SSSR count). The van der Waals surface area contributed by atoms with Gasteiger partial charge in [0.1, 0.15) is 6.33 Å². The van der Waals surface area contributed by atoms with Crippen molar-refractivity contribution in [3.05, 3.63) is 36.4 Å². The van der Waals surface area contributed by atoms with Gasteiger partial charge in [-0.25, -0.2) is 9.97 Å². The maximum Gasteiger partial charge on any atom is 0.295 e. The molecule has 18 heavy (non-hydrogen) atoms. The Morgan fingerprint density at radius 3 is 2.94 bits per heavy atom. The van der Waals surface area contributed by atoms with Crippen LogP contribution in [0.4, 0.5) is 5.95 Å². The van der Waals surface area contributed by atoms with Crippen LogP contribution in [0.15, 0.2) is 30.6 Å². The number of H-pyrrole nitrogens is 1. The Morgan fingerprint density at radius 2 is 2.22 bits per heavy atom. The van der Waals surface area contributed by atoms with Crippen LogP contribution >= 0.6 is 0 Å². The van der Waals surface area contributed by atoms with E-state index in [1.807, 2.05) is 35.9 Å². The Morgan fingerprint density at radius 1 is 1.39 bits per heavy atom. The Bertz CT molecular complexity index is 699. The molecule has 0 spiro atoms. The fraction of sp³-hybridized carbons (Fsp3) is 0.0909. The van der Waals surface area contributed by atoms with E-state index < -0.39 is 0 Å². The van der Waals surface area contributed by atoms with Crippen LogP contribution in [0.2, 0.25) is 0 Å². The maximum atomic E-state index is 11.8. The van der Waals surface area contributed by atoms with E-state index in [1.165, 1.54) is 6.33 Å². The van der Waals surface area contributed by atoms with E-state index in [4.69, 9.17) is 0 Å². The first-order valence-corrected chi connectivity index (χ1v) is 5.34. The van der Waals surface area contributed by atoms with Crippen LogP contribution in [0.25, 0.3) is 11.0 Å². The summed E-state index contributed by atoms with van der Waals surface area (Å²) >= 11 is 0. The fourth-order valence-corrected chi connectivity index (χ4v) is 1.73. The van der Waals surface area contributed by atoms with Crippen LogP contribution in [0.3, 0.4) is 0 Å². The van der Waals surface area contributed by atoms with Crippen molar-refractivity contribution in [2.24, 2.45) is 7.05 Å². The Kier molecular flexibility index (Phi) is 2.30. The van der Waals surface area contributed by atoms with Gasteiger partial charge in [-0.05, 0) is 12.1 Å². The Hall–Kier alpha value is -2.70. The Labute approximate surface area is 102 Å². The number of aromatic amines is 1. The minimum atomic E-state index is -0.370. The minimum Gasteiger partial charge on any atom is -0.313 e. The maximum absolute atomic E-state index is 11.8. The number of anilines is 1. The summed E-state index contributed by atoms with van der Waals surface area (Å²) in [4.78, 5) is 19.9. The third kappa shape index (κ3) is 1.61. The molecule has 0 aliphatic heterocycles. The van der Waals surface area contributed by atoms with Crippen molar-refractivity contribution in [2.75, 3.05) is 5.32 Å². The molecular weight excluding hydrogens is 232 g/mol. The van der Waals surface area contributed by atoms with Crippen molar-refractivity contribution in [1.29, 1.82) is 0 Å². The number of hydrogen-bond donors (Lipinski definition) is 2. The predicted octanol–water partition coefficient (Wildman–Crippen LogP) is 0.944. The molecule has 0 aliphatic carbocycles. The number of rotatable bonds is 2. The summed E-state index contributed by atoms with van der Waals surface area (Å²) in [6, 6.07) is 7.65. The highest BCUT2D eigenvalue weighted by atomic mass is 16.2. The highest BCUT2D eigenvalue weighted by Crippen LogP contribution is 2.17. The van der Waals surface area contributed by atoms with Gasteiger partial charge in [-0.1, -0.05) is 12.1 Å². The number of imidazole rings is 1. The molecule has 0 radical (unpaired) electrons. The van der Waals surface area contributed by atoms with Crippen LogP contribution in [-0.2, 0) is 7.05 Å². The zero-order valence-electron chi connectivity index (χ0n) is 9.58. The van der Waals surface area contributed by atoms with Gasteiger partial charge in [0.2, 0.25) is 11.8 Å². The number of carbonyl (C=O) groups is 1. The molecule has 1 amide bonds. The first-order chi connectivity index (χ1) is 8.75. The average molecular weight is 242 g/mol. The lowest BCUT2D eigenvalue weighted by Gasteiger charge is -2.02. The van der Waals surface area contributed by atoms with Crippen molar-refractivity contribution < 1.29 is 4.79 Å². The van der Waals surface area contributed by atoms with Gasteiger partial charge in [0, 0.05) is 7.05 Å². The molecule has 2 N–H and O–H groups in total. The molecule has 3 aromatic rings. The third-order valence-corrected chi connectivity index (χ3v) is 2.64. The lowest BCUT2D eigenvalue weighted by Crippen LogP contribution is -2.16. The number of nitrogens with zero attached hydrogens (tertiary/aromatic N) is 4. The van der Waals surface area contributed by atoms with Gasteiger partial charge in [0.05, 0.1) is 11.0 Å². The molecule has 0 saturated carbocycles. The van der Waals surface area contributed by atoms with Gasteiger partial charge in [-0.15, -0.1) is 0 Å². The van der Waals surface area contributed by atoms with Crippen LogP contribution in [0, 0.1) is 0 Å². The predicted molar refractivity (Wildman–Crippen MR) is 65.0 cm³/mol. The average Bonchev–Trinajstić information content (AvgIpc) is 3.00. The lowest BCUT2D eigenvalue weighted by atomic mass is 10.3. The second-order valence-corrected chi connectivity index (χ2v) is 3.77. The highest BCUT2D eigenvalue weighted by Gasteiger charge is 2.13. The van der Waals surface area contributed by atoms with E-state index in [0.29, 0.717) is 5.95 Å². The molecule has 0 atom stereocenters. The summed E-state index contributed by atoms with van der Waals surface area (Å²) in [5, 5.41) is 8.81. The number of amides is 1. The van der Waals surface area contributed by atoms with Crippen LogP contribution < -0.4 is 5.32 Å². The topological polar surface area (TPSA) is 88.5 Å². The quantitative estimate of drug-likeness (QED) is 0.700. The fourth-order valence-electron chi connectivity index (χ4n) is 1.73. The summed E-state index contributed by atoms with van der Waals surface area (Å²) < 4.78 is 1.81. The van der Waals surface area contributed by atoms with E-state index >= 15 is 0 Å². The van der Waals surface area contributed by atoms with Crippen molar-refractivity contribution in [2.45, 2.75) is 0 Å². The zero-order valence-corrected chi connectivity index (χ0v) is 9.58. The summed E-state index contributed by atoms with van der Waals surface area (Å²) in [6.07, 6.45) is 1.28. The minimum absolute atomic E-state index is 0.155. The van der Waals surface area contributed by atoms with E-state index in [1.54, 1.807) is 0 Å². The van der Waals surface area contributed by atoms with E-state index in [9.17, 15) is 4.79 Å². The molecule has 2 aromatic heterocycles. The van der Waals surface area contributed by atoms with E-state index in [0.717, 1.165) is 11.0 Å². The standard InChI is InChI=1S/C11H10N6O/c1-17-8-5-3-2-4-7(8)14-11(17)15-10(18)9-12-6-13-16-9/h2-6H,1H3,(H,12,13,16)(H,14,15,18). The highest BCUT2D eigenvalue weighted by molar-refractivity contribution is 6.01. The van der Waals surface area contributed by atoms with Crippen molar-refractivity contribution in [1.82, 2.24) is 24.7 Å². The molecule has 0 fully saturated rings. The summed E-state index contributed by atoms with van der Waals surface area (Å²) in [5.74, 6) is 0.255. The molecule has 7 nitrogen and oxygen atoms in total. The lowest BCUT2D eigenvalue weighted by molar-refractivity contribution is 0.101. The molecule has 7 heteroatoms. The molecule has 0 bridgehead atoms. The SMILES string of the molecule is Cn1c(NC(=O)c2ncn[nH]2)nc2ccccc21. The number of aryl methyl sites for hydroxylation is 1. The number of aromatic nitrogens is 5. The summed E-state index contributed by atoms with van der Waals surface area (Å²) in [7, 11) is 1.84. The molecule has 0 unspecified atom stereocenters. The number of fused-ring (bicyclic) bond motifs is 1. The number of benzene rings is 1. The number of carbonyl (C=O) groups excluding carboxylic acids is 1. The van der Waals surface area contributed by atoms with Crippen molar-refractivity contribution in [3.8, 4) is 0 Å². The summed E-state index contributed by atoms with van der Waals surface area (Å²) in [5.41, 5.74) is 1.78. The molecule has 0 aliphatic rings. The molecule has 1 aromatic carbocycles. The van der Waals surface area contributed by atoms with Gasteiger partial charge in [-0.3, -0.25) is 15.2 Å². The third-order valence-electron chi connectivity index (χ3n) is 2.64. The largest absolute Gasteiger partial charge is 0.313 e. The van der Waals surface area contributed by atoms with Gasteiger partial charge < -0.3 is 4.57 Å². The monoisotopic (exact) mass is 242 g/mol. The Balaban J connectivity index is 1.96. The molecular formula is C11H10N6O. The summed E-state index contributed by atoms with van der Waals surface area (Å²) in [6.45, 7) is 0. The normalized spacial score (nSPS) is 10.7. The second kappa shape index (κ2) is 3.95.